The highest BCUT2D eigenvalue weighted by Crippen LogP contribution is 2.27. The van der Waals surface area contributed by atoms with Crippen molar-refractivity contribution >= 4 is 11.8 Å². The van der Waals surface area contributed by atoms with Crippen LogP contribution >= 0.6 is 11.8 Å². The number of pyridine rings is 1. The molecule has 1 atom stereocenters. The molecule has 1 aromatic heterocycles. The summed E-state index contributed by atoms with van der Waals surface area (Å²) < 4.78 is 0. The number of aliphatic hydroxyl groups is 1. The van der Waals surface area contributed by atoms with Crippen molar-refractivity contribution in [2.45, 2.75) is 29.9 Å². The van der Waals surface area contributed by atoms with Crippen molar-refractivity contribution < 1.29 is 5.11 Å². The van der Waals surface area contributed by atoms with Gasteiger partial charge >= 0.3 is 0 Å². The lowest BCUT2D eigenvalue weighted by Gasteiger charge is -2.09. The minimum atomic E-state index is -0.460. The van der Waals surface area contributed by atoms with Crippen molar-refractivity contribution in [3.05, 3.63) is 53.7 Å². The van der Waals surface area contributed by atoms with Crippen LogP contribution in [0.3, 0.4) is 0 Å². The van der Waals surface area contributed by atoms with Gasteiger partial charge in [-0.05, 0) is 32.0 Å². The van der Waals surface area contributed by atoms with E-state index in [4.69, 9.17) is 0 Å². The van der Waals surface area contributed by atoms with Crippen LogP contribution in [0.5, 0.6) is 0 Å². The van der Waals surface area contributed by atoms with E-state index in [9.17, 15) is 5.11 Å². The first kappa shape index (κ1) is 12.1. The minimum absolute atomic E-state index is 0.460. The molecule has 1 heterocycles. The fourth-order valence-electron chi connectivity index (χ4n) is 1.66. The number of rotatable bonds is 3. The summed E-state index contributed by atoms with van der Waals surface area (Å²) in [5.74, 6) is 0. The monoisotopic (exact) mass is 245 g/mol. The Bertz CT molecular complexity index is 497. The number of nitrogens with zero attached hydrogens (tertiary/aromatic N) is 1. The van der Waals surface area contributed by atoms with E-state index in [0.29, 0.717) is 0 Å². The van der Waals surface area contributed by atoms with Crippen LogP contribution in [0.15, 0.2) is 52.4 Å². The average molecular weight is 245 g/mol. The molecule has 0 spiro atoms. The van der Waals surface area contributed by atoms with E-state index in [-0.39, 0.29) is 0 Å². The molecule has 1 aromatic carbocycles. The third-order valence-electron chi connectivity index (χ3n) is 2.52. The molecule has 0 amide bonds. The molecule has 0 aliphatic heterocycles. The summed E-state index contributed by atoms with van der Waals surface area (Å²) in [6.45, 7) is 3.69. The lowest BCUT2D eigenvalue weighted by Crippen LogP contribution is -1.97. The van der Waals surface area contributed by atoms with Gasteiger partial charge in [-0.1, -0.05) is 36.0 Å². The predicted octanol–water partition coefficient (Wildman–Crippen LogP) is 3.59. The van der Waals surface area contributed by atoms with Crippen molar-refractivity contribution in [2.75, 3.05) is 0 Å². The Morgan fingerprint density at radius 1 is 1.12 bits per heavy atom. The first-order valence-electron chi connectivity index (χ1n) is 5.55. The van der Waals surface area contributed by atoms with Crippen LogP contribution in [0.2, 0.25) is 0 Å². The molecule has 0 saturated heterocycles. The first-order chi connectivity index (χ1) is 8.16. The third kappa shape index (κ3) is 3.08. The summed E-state index contributed by atoms with van der Waals surface area (Å²) in [6, 6.07) is 14.0. The molecule has 17 heavy (non-hydrogen) atoms. The summed E-state index contributed by atoms with van der Waals surface area (Å²) in [5.41, 5.74) is 1.78. The molecule has 0 fully saturated rings. The summed E-state index contributed by atoms with van der Waals surface area (Å²) in [7, 11) is 0. The normalized spacial score (nSPS) is 12.4. The van der Waals surface area contributed by atoms with Gasteiger partial charge in [0.2, 0.25) is 0 Å². The average Bonchev–Trinajstić information content (AvgIpc) is 2.30. The molecule has 0 aliphatic rings. The number of aliphatic hydroxyl groups excluding tert-OH is 1. The van der Waals surface area contributed by atoms with Crippen molar-refractivity contribution in [3.8, 4) is 0 Å². The van der Waals surface area contributed by atoms with Crippen molar-refractivity contribution in [3.63, 3.8) is 0 Å². The van der Waals surface area contributed by atoms with Crippen LogP contribution in [0.25, 0.3) is 0 Å². The summed E-state index contributed by atoms with van der Waals surface area (Å²) in [4.78, 5) is 5.66. The molecule has 1 N–H and O–H groups in total. The Morgan fingerprint density at radius 3 is 2.41 bits per heavy atom. The number of hydrogen-bond acceptors (Lipinski definition) is 3. The molecule has 88 valence electrons. The van der Waals surface area contributed by atoms with E-state index in [1.165, 1.54) is 4.90 Å². The Kier molecular flexibility index (Phi) is 3.82. The third-order valence-corrected chi connectivity index (χ3v) is 3.46. The zero-order chi connectivity index (χ0) is 12.3. The molecule has 2 aromatic rings. The quantitative estimate of drug-likeness (QED) is 0.897. The number of aryl methyl sites for hydroxylation is 1. The maximum Gasteiger partial charge on any atom is 0.101 e. The molecule has 3 heteroatoms. The van der Waals surface area contributed by atoms with Crippen LogP contribution in [-0.2, 0) is 0 Å². The van der Waals surface area contributed by atoms with Crippen molar-refractivity contribution in [1.82, 2.24) is 4.98 Å². The molecule has 1 unspecified atom stereocenters. The fraction of sp³-hybridized carbons (Fsp3) is 0.214. The fourth-order valence-corrected chi connectivity index (χ4v) is 2.51. The van der Waals surface area contributed by atoms with Gasteiger partial charge in [0.1, 0.15) is 5.03 Å². The van der Waals surface area contributed by atoms with Crippen molar-refractivity contribution in [1.29, 1.82) is 0 Å². The molecule has 2 nitrogen and oxygen atoms in total. The van der Waals surface area contributed by atoms with Gasteiger partial charge in [-0.25, -0.2) is 4.98 Å². The van der Waals surface area contributed by atoms with Crippen LogP contribution in [-0.4, -0.2) is 10.1 Å². The van der Waals surface area contributed by atoms with E-state index in [0.717, 1.165) is 16.3 Å². The van der Waals surface area contributed by atoms with Gasteiger partial charge in [0.25, 0.3) is 0 Å². The van der Waals surface area contributed by atoms with Gasteiger partial charge in [-0.15, -0.1) is 0 Å². The molecule has 0 bridgehead atoms. The van der Waals surface area contributed by atoms with E-state index >= 15 is 0 Å². The maximum absolute atomic E-state index is 9.54. The topological polar surface area (TPSA) is 33.1 Å². The SMILES string of the molecule is Cc1nc(Sc2ccccc2)ccc1C(C)O. The molecule has 0 aliphatic carbocycles. The van der Waals surface area contributed by atoms with Gasteiger partial charge in [-0.3, -0.25) is 0 Å². The molecule has 0 saturated carbocycles. The van der Waals surface area contributed by atoms with E-state index < -0.39 is 6.10 Å². The highest BCUT2D eigenvalue weighted by Gasteiger charge is 2.07. The second kappa shape index (κ2) is 5.34. The van der Waals surface area contributed by atoms with Gasteiger partial charge in [-0.2, -0.15) is 0 Å². The Labute approximate surface area is 106 Å². The summed E-state index contributed by atoms with van der Waals surface area (Å²) in [6.07, 6.45) is -0.460. The number of benzene rings is 1. The van der Waals surface area contributed by atoms with Crippen LogP contribution in [0, 0.1) is 6.92 Å². The van der Waals surface area contributed by atoms with Crippen molar-refractivity contribution in [2.24, 2.45) is 0 Å². The largest absolute Gasteiger partial charge is 0.389 e. The van der Waals surface area contributed by atoms with E-state index in [1.54, 1.807) is 18.7 Å². The smallest absolute Gasteiger partial charge is 0.101 e. The lowest BCUT2D eigenvalue weighted by atomic mass is 10.1. The Morgan fingerprint density at radius 2 is 1.82 bits per heavy atom. The molecule has 2 rings (SSSR count). The number of aromatic nitrogens is 1. The molecular weight excluding hydrogens is 230 g/mol. The highest BCUT2D eigenvalue weighted by molar-refractivity contribution is 7.99. The number of hydrogen-bond donors (Lipinski definition) is 1. The Hall–Kier alpha value is -1.32. The highest BCUT2D eigenvalue weighted by atomic mass is 32.2. The molecular formula is C14H15NOS. The predicted molar refractivity (Wildman–Crippen MR) is 70.2 cm³/mol. The lowest BCUT2D eigenvalue weighted by molar-refractivity contribution is 0.198. The van der Waals surface area contributed by atoms with E-state index in [1.807, 2.05) is 37.3 Å². The van der Waals surface area contributed by atoms with Gasteiger partial charge in [0.05, 0.1) is 6.10 Å². The van der Waals surface area contributed by atoms with Crippen LogP contribution < -0.4 is 0 Å². The summed E-state index contributed by atoms with van der Waals surface area (Å²) in [5, 5.41) is 10.5. The second-order valence-corrected chi connectivity index (χ2v) is 5.01. The van der Waals surface area contributed by atoms with Gasteiger partial charge in [0, 0.05) is 16.2 Å². The standard InChI is InChI=1S/C14H15NOS/c1-10-13(11(2)16)8-9-14(15-10)17-12-6-4-3-5-7-12/h3-9,11,16H,1-2H3. The Balaban J connectivity index is 2.21. The summed E-state index contributed by atoms with van der Waals surface area (Å²) >= 11 is 1.63. The van der Waals surface area contributed by atoms with Gasteiger partial charge < -0.3 is 5.11 Å². The van der Waals surface area contributed by atoms with Gasteiger partial charge in [0.15, 0.2) is 0 Å². The first-order valence-corrected chi connectivity index (χ1v) is 6.37. The second-order valence-electron chi connectivity index (χ2n) is 3.92. The zero-order valence-corrected chi connectivity index (χ0v) is 10.7. The minimum Gasteiger partial charge on any atom is -0.389 e. The maximum atomic E-state index is 9.54. The zero-order valence-electron chi connectivity index (χ0n) is 9.92. The molecule has 0 radical (unpaired) electrons. The van der Waals surface area contributed by atoms with E-state index in [2.05, 4.69) is 17.1 Å². The van der Waals surface area contributed by atoms with Crippen LogP contribution in [0.4, 0.5) is 0 Å². The van der Waals surface area contributed by atoms with Crippen LogP contribution in [0.1, 0.15) is 24.3 Å².